The Morgan fingerprint density at radius 1 is 1.11 bits per heavy atom. The molecule has 1 aliphatic heterocycles. The molecule has 19 heavy (non-hydrogen) atoms. The van der Waals surface area contributed by atoms with E-state index in [9.17, 15) is 10.3 Å². The smallest absolute Gasteiger partial charge is 0.252 e. The van der Waals surface area contributed by atoms with Gasteiger partial charge in [0, 0.05) is 6.07 Å². The molecule has 0 fully saturated rings. The number of hydrazine groups is 2. The van der Waals surface area contributed by atoms with Crippen LogP contribution in [0.25, 0.3) is 6.20 Å². The number of fused-ring (bicyclic) bond motifs is 1. The summed E-state index contributed by atoms with van der Waals surface area (Å²) in [4.78, 5) is 6.07. The fourth-order valence-electron chi connectivity index (χ4n) is 1.75. The number of nitrogens with zero attached hydrogens (tertiary/aromatic N) is 2. The molecule has 0 spiro atoms. The molecule has 1 aliphatic rings. The zero-order chi connectivity index (χ0) is 13.2. The number of hydroxylamine groups is 1. The Balaban J connectivity index is 1.90. The van der Waals surface area contributed by atoms with Crippen molar-refractivity contribution in [1.82, 2.24) is 15.6 Å². The summed E-state index contributed by atoms with van der Waals surface area (Å²) in [6.45, 7) is 0. The molecule has 6 nitrogen and oxygen atoms in total. The van der Waals surface area contributed by atoms with E-state index in [0.29, 0.717) is 16.0 Å². The van der Waals surface area contributed by atoms with E-state index < -0.39 is 0 Å². The second-order valence-electron chi connectivity index (χ2n) is 3.99. The average molecular weight is 257 g/mol. The minimum Gasteiger partial charge on any atom is -0.594 e. The maximum atomic E-state index is 11.8. The highest BCUT2D eigenvalue weighted by Gasteiger charge is 2.12. The Bertz CT molecular complexity index is 713. The molecule has 2 N–H and O–H groups in total. The number of hydrogen-bond acceptors (Lipinski definition) is 5. The van der Waals surface area contributed by atoms with Crippen molar-refractivity contribution in [2.24, 2.45) is 0 Å². The second-order valence-corrected chi connectivity index (χ2v) is 3.99. The van der Waals surface area contributed by atoms with Crippen molar-refractivity contribution in [1.29, 1.82) is 0 Å². The molecular weight excluding hydrogens is 246 g/mol. The zero-order valence-electron chi connectivity index (χ0n) is 9.85. The van der Waals surface area contributed by atoms with Crippen LogP contribution in [0, 0.1) is 5.21 Å². The van der Waals surface area contributed by atoms with Crippen LogP contribution in [0.5, 0.6) is 11.5 Å². The van der Waals surface area contributed by atoms with Crippen molar-refractivity contribution in [2.45, 2.75) is 0 Å². The van der Waals surface area contributed by atoms with Crippen molar-refractivity contribution in [3.63, 3.8) is 0 Å². The number of hydrogen-bond donors (Lipinski definition) is 2. The second kappa shape index (κ2) is 4.41. The first kappa shape index (κ1) is 11.2. The summed E-state index contributed by atoms with van der Waals surface area (Å²) >= 11 is 0. The monoisotopic (exact) mass is 257 g/mol. The molecule has 2 aromatic carbocycles. The van der Waals surface area contributed by atoms with Crippen LogP contribution >= 0.6 is 0 Å². The standard InChI is InChI=1S/C13H11N3O3/c17-11-5-7-12(8-6-11)19-15-9-10-3-1-2-4-13(10)16(18)14-15/h1-9,14,17H. The lowest BCUT2D eigenvalue weighted by Crippen LogP contribution is -2.56. The number of phenolic OH excluding ortho intramolecular Hbond substituents is 1. The first-order valence-electron chi connectivity index (χ1n) is 5.66. The molecule has 0 saturated heterocycles. The van der Waals surface area contributed by atoms with Gasteiger partial charge in [0.25, 0.3) is 5.36 Å². The topological polar surface area (TPSA) is 70.8 Å². The van der Waals surface area contributed by atoms with Gasteiger partial charge in [-0.1, -0.05) is 27.7 Å². The van der Waals surface area contributed by atoms with Crippen LogP contribution < -0.4 is 25.8 Å². The van der Waals surface area contributed by atoms with Gasteiger partial charge in [-0.15, -0.1) is 0 Å². The molecule has 2 aromatic rings. The molecule has 0 bridgehead atoms. The Hall–Kier alpha value is -2.89. The summed E-state index contributed by atoms with van der Waals surface area (Å²) in [5.74, 6) is 0.646. The van der Waals surface area contributed by atoms with Crippen LogP contribution in [-0.2, 0) is 0 Å². The number of rotatable bonds is 2. The van der Waals surface area contributed by atoms with Crippen molar-refractivity contribution in [3.05, 3.63) is 64.3 Å². The Labute approximate surface area is 108 Å². The third-order valence-electron chi connectivity index (χ3n) is 2.64. The average Bonchev–Trinajstić information content (AvgIpc) is 2.42. The molecule has 0 atom stereocenters. The van der Waals surface area contributed by atoms with Gasteiger partial charge in [-0.2, -0.15) is 0 Å². The van der Waals surface area contributed by atoms with Gasteiger partial charge >= 0.3 is 0 Å². The summed E-state index contributed by atoms with van der Waals surface area (Å²) in [5.41, 5.74) is 2.51. The van der Waals surface area contributed by atoms with E-state index in [2.05, 4.69) is 5.53 Å². The van der Waals surface area contributed by atoms with E-state index in [1.807, 2.05) is 12.1 Å². The first-order chi connectivity index (χ1) is 9.22. The van der Waals surface area contributed by atoms with E-state index in [-0.39, 0.29) is 5.75 Å². The zero-order valence-corrected chi connectivity index (χ0v) is 9.85. The van der Waals surface area contributed by atoms with Gasteiger partial charge in [-0.3, -0.25) is 0 Å². The number of para-hydroxylation sites is 1. The molecule has 6 heteroatoms. The van der Waals surface area contributed by atoms with E-state index in [4.69, 9.17) is 4.84 Å². The van der Waals surface area contributed by atoms with Crippen LogP contribution in [0.1, 0.15) is 0 Å². The normalized spacial score (nSPS) is 13.3. The molecule has 0 aromatic heterocycles. The third-order valence-corrected chi connectivity index (χ3v) is 2.64. The quantitative estimate of drug-likeness (QED) is 0.578. The number of nitrogens with one attached hydrogen (secondary N) is 1. The van der Waals surface area contributed by atoms with Gasteiger partial charge in [0.15, 0.2) is 5.75 Å². The molecule has 0 radical (unpaired) electrons. The van der Waals surface area contributed by atoms with E-state index in [1.165, 1.54) is 17.3 Å². The lowest BCUT2D eigenvalue weighted by atomic mass is 10.3. The van der Waals surface area contributed by atoms with Gasteiger partial charge in [0.1, 0.15) is 5.75 Å². The molecular formula is C13H11N3O3. The summed E-state index contributed by atoms with van der Waals surface area (Å²) in [6.07, 6.45) is 1.66. The largest absolute Gasteiger partial charge is 0.594 e. The van der Waals surface area contributed by atoms with Gasteiger partial charge in [-0.05, 0) is 30.3 Å². The van der Waals surface area contributed by atoms with Crippen molar-refractivity contribution < 1.29 is 9.94 Å². The Morgan fingerprint density at radius 2 is 1.84 bits per heavy atom. The fraction of sp³-hybridized carbons (Fsp3) is 0. The maximum Gasteiger partial charge on any atom is 0.252 e. The summed E-state index contributed by atoms with van der Waals surface area (Å²) in [7, 11) is 0. The summed E-state index contributed by atoms with van der Waals surface area (Å²) < 4.78 is 0. The van der Waals surface area contributed by atoms with Gasteiger partial charge in [-0.25, -0.2) is 0 Å². The van der Waals surface area contributed by atoms with Crippen molar-refractivity contribution in [3.8, 4) is 11.5 Å². The molecule has 3 rings (SSSR count). The number of aromatic hydroxyl groups is 1. The molecule has 0 aliphatic carbocycles. The van der Waals surface area contributed by atoms with Crippen LogP contribution in [0.4, 0.5) is 0 Å². The Morgan fingerprint density at radius 3 is 2.63 bits per heavy atom. The van der Waals surface area contributed by atoms with E-state index >= 15 is 0 Å². The molecule has 1 heterocycles. The van der Waals surface area contributed by atoms with Gasteiger partial charge in [0.05, 0.1) is 11.4 Å². The maximum absolute atomic E-state index is 11.8. The molecule has 96 valence electrons. The lowest BCUT2D eigenvalue weighted by Gasteiger charge is -2.21. The minimum atomic E-state index is 0.152. The highest BCUT2D eigenvalue weighted by atomic mass is 16.7. The molecule has 0 unspecified atom stereocenters. The third kappa shape index (κ3) is 2.23. The summed E-state index contributed by atoms with van der Waals surface area (Å²) in [6, 6.07) is 13.4. The lowest BCUT2D eigenvalue weighted by molar-refractivity contribution is -0.0591. The predicted octanol–water partition coefficient (Wildman–Crippen LogP) is -0.152. The fourth-order valence-corrected chi connectivity index (χ4v) is 1.75. The van der Waals surface area contributed by atoms with E-state index in [0.717, 1.165) is 5.22 Å². The minimum absolute atomic E-state index is 0.152. The summed E-state index contributed by atoms with van der Waals surface area (Å²) in [5, 5.41) is 23.4. The highest BCUT2D eigenvalue weighted by Crippen LogP contribution is 2.16. The van der Waals surface area contributed by atoms with Gasteiger partial charge in [0.2, 0.25) is 0 Å². The van der Waals surface area contributed by atoms with Gasteiger partial charge < -0.3 is 15.2 Å². The van der Waals surface area contributed by atoms with Crippen LogP contribution in [0.2, 0.25) is 0 Å². The van der Waals surface area contributed by atoms with Crippen molar-refractivity contribution >= 4 is 6.20 Å². The molecule has 0 amide bonds. The van der Waals surface area contributed by atoms with Crippen molar-refractivity contribution in [2.75, 3.05) is 0 Å². The SMILES string of the molecule is [O-][N+]1=c2ccccc2=CN(Oc2ccc(O)cc2)N1. The van der Waals surface area contributed by atoms with E-state index in [1.54, 1.807) is 30.5 Å². The number of phenols is 1. The van der Waals surface area contributed by atoms with Crippen LogP contribution in [-0.4, -0.2) is 10.3 Å². The van der Waals surface area contributed by atoms with Crippen LogP contribution in [0.15, 0.2) is 48.5 Å². The Kier molecular flexibility index (Phi) is 2.60. The number of benzene rings is 2. The van der Waals surface area contributed by atoms with Crippen LogP contribution in [0.3, 0.4) is 0 Å². The highest BCUT2D eigenvalue weighted by molar-refractivity contribution is 5.31. The first-order valence-corrected chi connectivity index (χ1v) is 5.66. The predicted molar refractivity (Wildman–Crippen MR) is 68.5 cm³/mol. The molecule has 0 saturated carbocycles.